The van der Waals surface area contributed by atoms with Gasteiger partial charge in [0.15, 0.2) is 11.5 Å². The van der Waals surface area contributed by atoms with Crippen LogP contribution >= 0.6 is 0 Å². The normalized spacial score (nSPS) is 12.1. The lowest BCUT2D eigenvalue weighted by atomic mass is 10.1. The average Bonchev–Trinajstić information content (AvgIpc) is 2.45. The zero-order valence-corrected chi connectivity index (χ0v) is 17.3. The first kappa shape index (κ1) is 21.0. The van der Waals surface area contributed by atoms with Crippen molar-refractivity contribution in [2.75, 3.05) is 6.61 Å². The molecule has 0 aromatic heterocycles. The third kappa shape index (κ3) is 7.13. The Kier molecular flexibility index (Phi) is 6.99. The van der Waals surface area contributed by atoms with Gasteiger partial charge in [-0.3, -0.25) is 0 Å². The number of hydrogen-bond acceptors (Lipinski definition) is 5. The minimum absolute atomic E-state index is 0.307. The number of carbonyl (C=O) groups is 1. The second kappa shape index (κ2) is 8.34. The van der Waals surface area contributed by atoms with E-state index >= 15 is 0 Å². The Morgan fingerprint density at radius 1 is 1.32 bits per heavy atom. The van der Waals surface area contributed by atoms with Gasteiger partial charge in [0, 0.05) is 11.8 Å². The van der Waals surface area contributed by atoms with E-state index in [1.54, 1.807) is 27.0 Å². The number of hydrogen-bond donors (Lipinski definition) is 0. The third-order valence-electron chi connectivity index (χ3n) is 3.07. The molecule has 0 saturated carbocycles. The highest BCUT2D eigenvalue weighted by Crippen LogP contribution is 2.24. The molecule has 0 aliphatic carbocycles. The minimum atomic E-state index is -1.75. The van der Waals surface area contributed by atoms with Gasteiger partial charge < -0.3 is 13.9 Å². The molecule has 5 nitrogen and oxygen atoms in total. The van der Waals surface area contributed by atoms with E-state index in [2.05, 4.69) is 31.2 Å². The third-order valence-corrected chi connectivity index (χ3v) is 3.92. The van der Waals surface area contributed by atoms with Crippen LogP contribution in [0.25, 0.3) is 0 Å². The molecule has 0 amide bonds. The number of aryl methyl sites for hydroxylation is 1. The highest BCUT2D eigenvalue weighted by atomic mass is 28.4. The smallest absolute Gasteiger partial charge is 0.349 e. The summed E-state index contributed by atoms with van der Waals surface area (Å²) in [4.78, 5) is 16.3. The minimum Gasteiger partial charge on any atom is -0.532 e. The quantitative estimate of drug-likeness (QED) is 0.296. The topological polar surface area (TPSA) is 57.1 Å². The molecular weight excluding hydrogens is 334 g/mol. The molecule has 6 heteroatoms. The van der Waals surface area contributed by atoms with Gasteiger partial charge in [0.05, 0.1) is 6.61 Å². The number of carbonyl (C=O) groups excluding carboxylic acids is 1. The number of aliphatic imine (C=N–C) groups is 1. The van der Waals surface area contributed by atoms with Crippen molar-refractivity contribution < 1.29 is 18.7 Å². The molecule has 0 heterocycles. The second-order valence-corrected chi connectivity index (χ2v) is 11.7. The van der Waals surface area contributed by atoms with Crippen molar-refractivity contribution in [3.8, 4) is 5.75 Å². The van der Waals surface area contributed by atoms with Crippen molar-refractivity contribution in [1.29, 1.82) is 0 Å². The van der Waals surface area contributed by atoms with Gasteiger partial charge in [-0.25, -0.2) is 9.79 Å². The molecule has 138 valence electrons. The molecule has 0 aliphatic rings. The molecule has 0 aliphatic heterocycles. The fraction of sp³-hybridized carbons (Fsp3) is 0.474. The molecule has 1 rings (SSSR count). The highest BCUT2D eigenvalue weighted by Gasteiger charge is 2.32. The zero-order chi connectivity index (χ0) is 19.3. The molecular formula is C19H29NO4Si. The van der Waals surface area contributed by atoms with Gasteiger partial charge in [0.2, 0.25) is 8.32 Å². The highest BCUT2D eigenvalue weighted by molar-refractivity contribution is 6.70. The van der Waals surface area contributed by atoms with Crippen LogP contribution in [0.3, 0.4) is 0 Å². The van der Waals surface area contributed by atoms with E-state index < -0.39 is 19.9 Å². The molecule has 0 radical (unpaired) electrons. The van der Waals surface area contributed by atoms with Crippen molar-refractivity contribution in [3.63, 3.8) is 0 Å². The summed E-state index contributed by atoms with van der Waals surface area (Å²) >= 11 is 0. The molecule has 1 aromatic carbocycles. The Balaban J connectivity index is 3.03. The van der Waals surface area contributed by atoms with Gasteiger partial charge in [-0.2, -0.15) is 0 Å². The van der Waals surface area contributed by atoms with Crippen LogP contribution < -0.4 is 4.74 Å². The van der Waals surface area contributed by atoms with Gasteiger partial charge in [-0.1, -0.05) is 11.6 Å². The average molecular weight is 364 g/mol. The Morgan fingerprint density at radius 2 is 1.96 bits per heavy atom. The van der Waals surface area contributed by atoms with Crippen LogP contribution in [0.15, 0.2) is 35.7 Å². The molecule has 0 bridgehead atoms. The lowest BCUT2D eigenvalue weighted by Crippen LogP contribution is -2.40. The first-order chi connectivity index (χ1) is 11.4. The van der Waals surface area contributed by atoms with Gasteiger partial charge >= 0.3 is 5.97 Å². The van der Waals surface area contributed by atoms with Crippen LogP contribution in [0.1, 0.15) is 31.9 Å². The molecule has 0 N–H and O–H groups in total. The molecule has 1 aromatic rings. The first-order valence-corrected chi connectivity index (χ1v) is 11.7. The predicted octanol–water partition coefficient (Wildman–Crippen LogP) is 4.46. The monoisotopic (exact) mass is 363 g/mol. The Hall–Kier alpha value is -2.08. The van der Waals surface area contributed by atoms with E-state index in [1.807, 2.05) is 25.1 Å². The Morgan fingerprint density at radius 3 is 2.52 bits per heavy atom. The lowest BCUT2D eigenvalue weighted by molar-refractivity contribution is -0.158. The number of esters is 1. The standard InChI is InChI=1S/C19H29NO4Si/c1-9-22-18(21)19(4,5)23-17-11-10-14(2)12-16(17)13-20-15(3)24-25(6,7)8/h10-13H,3,9H2,1-2,4-8H3. The van der Waals surface area contributed by atoms with Crippen LogP contribution in [0.2, 0.25) is 19.6 Å². The summed E-state index contributed by atoms with van der Waals surface area (Å²) in [5.41, 5.74) is 0.705. The Bertz CT molecular complexity index is 660. The van der Waals surface area contributed by atoms with E-state index in [0.717, 1.165) is 11.1 Å². The maximum absolute atomic E-state index is 12.1. The van der Waals surface area contributed by atoms with Crippen molar-refractivity contribution in [1.82, 2.24) is 0 Å². The summed E-state index contributed by atoms with van der Waals surface area (Å²) in [7, 11) is -1.75. The van der Waals surface area contributed by atoms with E-state index in [0.29, 0.717) is 18.2 Å². The van der Waals surface area contributed by atoms with Gasteiger partial charge in [0.1, 0.15) is 5.75 Å². The number of ether oxygens (including phenoxy) is 2. The molecule has 0 atom stereocenters. The largest absolute Gasteiger partial charge is 0.532 e. The van der Waals surface area contributed by atoms with Crippen LogP contribution in [0.4, 0.5) is 0 Å². The second-order valence-electron chi connectivity index (χ2n) is 7.24. The molecule has 25 heavy (non-hydrogen) atoms. The van der Waals surface area contributed by atoms with Crippen molar-refractivity contribution in [2.45, 2.75) is 52.9 Å². The van der Waals surface area contributed by atoms with Crippen molar-refractivity contribution in [2.24, 2.45) is 4.99 Å². The van der Waals surface area contributed by atoms with E-state index in [9.17, 15) is 4.79 Å². The number of nitrogens with zero attached hydrogens (tertiary/aromatic N) is 1. The maximum atomic E-state index is 12.1. The molecule has 0 spiro atoms. The van der Waals surface area contributed by atoms with Crippen molar-refractivity contribution >= 4 is 20.5 Å². The zero-order valence-electron chi connectivity index (χ0n) is 16.3. The summed E-state index contributed by atoms with van der Waals surface area (Å²) in [6, 6.07) is 5.67. The molecule has 0 unspecified atom stereocenters. The van der Waals surface area contributed by atoms with Crippen LogP contribution in [-0.4, -0.2) is 32.7 Å². The van der Waals surface area contributed by atoms with Crippen LogP contribution in [-0.2, 0) is 14.0 Å². The van der Waals surface area contributed by atoms with Gasteiger partial charge in [-0.15, -0.1) is 0 Å². The summed E-state index contributed by atoms with van der Waals surface area (Å²) in [5.74, 6) is 0.509. The number of rotatable bonds is 8. The van der Waals surface area contributed by atoms with Crippen LogP contribution in [0.5, 0.6) is 5.75 Å². The summed E-state index contributed by atoms with van der Waals surface area (Å²) in [5, 5.41) is 0. The van der Waals surface area contributed by atoms with Gasteiger partial charge in [-0.05, 0) is 66.0 Å². The summed E-state index contributed by atoms with van der Waals surface area (Å²) < 4.78 is 16.7. The Labute approximate surface area is 151 Å². The molecule has 0 fully saturated rings. The van der Waals surface area contributed by atoms with Crippen LogP contribution in [0, 0.1) is 6.92 Å². The van der Waals surface area contributed by atoms with E-state index in [4.69, 9.17) is 13.9 Å². The SMILES string of the molecule is C=C(N=Cc1cc(C)ccc1OC(C)(C)C(=O)OCC)O[Si](C)(C)C. The fourth-order valence-electron chi connectivity index (χ4n) is 2.00. The fourth-order valence-corrected chi connectivity index (χ4v) is 2.76. The summed E-state index contributed by atoms with van der Waals surface area (Å²) in [6.07, 6.45) is 1.64. The van der Waals surface area contributed by atoms with E-state index in [-0.39, 0.29) is 0 Å². The van der Waals surface area contributed by atoms with Gasteiger partial charge in [0.25, 0.3) is 0 Å². The first-order valence-electron chi connectivity index (χ1n) is 8.33. The number of benzene rings is 1. The van der Waals surface area contributed by atoms with Crippen molar-refractivity contribution in [3.05, 3.63) is 41.8 Å². The lowest BCUT2D eigenvalue weighted by Gasteiger charge is -2.25. The summed E-state index contributed by atoms with van der Waals surface area (Å²) in [6.45, 7) is 17.4. The molecule has 0 saturated heterocycles. The predicted molar refractivity (Wildman–Crippen MR) is 104 cm³/mol. The van der Waals surface area contributed by atoms with E-state index in [1.165, 1.54) is 0 Å². The maximum Gasteiger partial charge on any atom is 0.349 e.